The highest BCUT2D eigenvalue weighted by molar-refractivity contribution is 7.90. The Hall–Kier alpha value is -1.07. The molecule has 0 spiro atoms. The molecule has 4 nitrogen and oxygen atoms in total. The van der Waals surface area contributed by atoms with Gasteiger partial charge in [-0.2, -0.15) is 0 Å². The van der Waals surface area contributed by atoms with Crippen molar-refractivity contribution in [3.05, 3.63) is 23.8 Å². The van der Waals surface area contributed by atoms with Gasteiger partial charge in [-0.05, 0) is 31.0 Å². The van der Waals surface area contributed by atoms with Gasteiger partial charge < -0.3 is 10.5 Å². The van der Waals surface area contributed by atoms with Gasteiger partial charge in [-0.3, -0.25) is 0 Å². The van der Waals surface area contributed by atoms with Crippen LogP contribution in [0.25, 0.3) is 0 Å². The van der Waals surface area contributed by atoms with Crippen molar-refractivity contribution in [1.29, 1.82) is 0 Å². The Kier molecular flexibility index (Phi) is 3.87. The molecule has 1 aromatic rings. The summed E-state index contributed by atoms with van der Waals surface area (Å²) in [6, 6.07) is 5.07. The van der Waals surface area contributed by atoms with Crippen LogP contribution in [-0.2, 0) is 15.3 Å². The Bertz CT molecular complexity index is 560. The molecule has 0 aromatic heterocycles. The highest BCUT2D eigenvalue weighted by Crippen LogP contribution is 2.44. The molecule has 19 heavy (non-hydrogen) atoms. The van der Waals surface area contributed by atoms with Crippen molar-refractivity contribution in [2.45, 2.75) is 36.0 Å². The van der Waals surface area contributed by atoms with Crippen molar-refractivity contribution in [2.24, 2.45) is 5.73 Å². The molecular formula is C14H21NO3S. The van der Waals surface area contributed by atoms with E-state index in [0.717, 1.165) is 37.0 Å². The zero-order valence-electron chi connectivity index (χ0n) is 11.5. The Morgan fingerprint density at radius 2 is 1.95 bits per heavy atom. The van der Waals surface area contributed by atoms with Gasteiger partial charge in [0.2, 0.25) is 0 Å². The molecule has 1 fully saturated rings. The summed E-state index contributed by atoms with van der Waals surface area (Å²) in [6.07, 6.45) is 5.47. The molecule has 2 rings (SSSR count). The van der Waals surface area contributed by atoms with Gasteiger partial charge in [0.15, 0.2) is 9.84 Å². The summed E-state index contributed by atoms with van der Waals surface area (Å²) >= 11 is 0. The summed E-state index contributed by atoms with van der Waals surface area (Å²) in [5, 5.41) is 0. The van der Waals surface area contributed by atoms with E-state index in [1.165, 1.54) is 6.26 Å². The summed E-state index contributed by atoms with van der Waals surface area (Å²) in [5.41, 5.74) is 6.79. The Labute approximate surface area is 114 Å². The van der Waals surface area contributed by atoms with Crippen molar-refractivity contribution in [1.82, 2.24) is 0 Å². The highest BCUT2D eigenvalue weighted by atomic mass is 32.2. The third kappa shape index (κ3) is 2.62. The van der Waals surface area contributed by atoms with Gasteiger partial charge in [-0.15, -0.1) is 0 Å². The summed E-state index contributed by atoms with van der Waals surface area (Å²) < 4.78 is 28.8. The van der Waals surface area contributed by atoms with Gasteiger partial charge in [0, 0.05) is 23.8 Å². The van der Waals surface area contributed by atoms with E-state index in [0.29, 0.717) is 11.4 Å². The topological polar surface area (TPSA) is 69.4 Å². The molecular weight excluding hydrogens is 262 g/mol. The number of rotatable bonds is 4. The van der Waals surface area contributed by atoms with E-state index >= 15 is 0 Å². The van der Waals surface area contributed by atoms with Gasteiger partial charge in [0.05, 0.1) is 12.0 Å². The molecule has 0 bridgehead atoms. The second-order valence-electron chi connectivity index (χ2n) is 5.33. The molecule has 0 radical (unpaired) electrons. The summed E-state index contributed by atoms with van der Waals surface area (Å²) in [7, 11) is -1.60. The van der Waals surface area contributed by atoms with Crippen molar-refractivity contribution >= 4 is 9.84 Å². The lowest BCUT2D eigenvalue weighted by Gasteiger charge is -2.29. The Morgan fingerprint density at radius 3 is 2.42 bits per heavy atom. The van der Waals surface area contributed by atoms with Crippen molar-refractivity contribution < 1.29 is 13.2 Å². The molecule has 0 saturated heterocycles. The van der Waals surface area contributed by atoms with Crippen molar-refractivity contribution in [3.8, 4) is 5.75 Å². The molecule has 1 aliphatic carbocycles. The Balaban J connectivity index is 2.59. The second kappa shape index (κ2) is 5.13. The predicted molar refractivity (Wildman–Crippen MR) is 75.3 cm³/mol. The second-order valence-corrected chi connectivity index (χ2v) is 7.34. The first kappa shape index (κ1) is 14.3. The maximum atomic E-state index is 11.7. The fourth-order valence-corrected chi connectivity index (χ4v) is 3.61. The van der Waals surface area contributed by atoms with Crippen LogP contribution in [0, 0.1) is 0 Å². The van der Waals surface area contributed by atoms with Crippen LogP contribution in [0.5, 0.6) is 5.75 Å². The van der Waals surface area contributed by atoms with Crippen LogP contribution >= 0.6 is 0 Å². The fourth-order valence-electron chi connectivity index (χ4n) is 2.97. The van der Waals surface area contributed by atoms with Gasteiger partial charge >= 0.3 is 0 Å². The average molecular weight is 283 g/mol. The van der Waals surface area contributed by atoms with Gasteiger partial charge in [-0.1, -0.05) is 12.8 Å². The van der Waals surface area contributed by atoms with Gasteiger partial charge in [0.1, 0.15) is 5.75 Å². The van der Waals surface area contributed by atoms with E-state index in [1.807, 2.05) is 0 Å². The van der Waals surface area contributed by atoms with Crippen LogP contribution in [-0.4, -0.2) is 28.3 Å². The number of nitrogens with two attached hydrogens (primary N) is 1. The standard InChI is InChI=1S/C14H21NO3S/c1-18-13-6-5-11(19(2,16)17)9-12(13)14(10-15)7-3-4-8-14/h5-6,9H,3-4,7-8,10,15H2,1-2H3. The lowest BCUT2D eigenvalue weighted by Crippen LogP contribution is -2.32. The van der Waals surface area contributed by atoms with Crippen LogP contribution in [0.15, 0.2) is 23.1 Å². The lowest BCUT2D eigenvalue weighted by molar-refractivity contribution is 0.377. The number of sulfone groups is 1. The first-order chi connectivity index (χ1) is 8.93. The Morgan fingerprint density at radius 1 is 1.32 bits per heavy atom. The molecule has 2 N–H and O–H groups in total. The minimum atomic E-state index is -3.21. The third-order valence-electron chi connectivity index (χ3n) is 4.12. The molecule has 106 valence electrons. The SMILES string of the molecule is COc1ccc(S(C)(=O)=O)cc1C1(CN)CCCC1. The number of hydrogen-bond acceptors (Lipinski definition) is 4. The average Bonchev–Trinajstić information content (AvgIpc) is 2.86. The maximum absolute atomic E-state index is 11.7. The largest absolute Gasteiger partial charge is 0.496 e. The summed E-state index contributed by atoms with van der Waals surface area (Å²) in [5.74, 6) is 0.736. The quantitative estimate of drug-likeness (QED) is 0.916. The molecule has 0 amide bonds. The number of benzene rings is 1. The van der Waals surface area contributed by atoms with Crippen LogP contribution in [0.1, 0.15) is 31.2 Å². The zero-order valence-corrected chi connectivity index (χ0v) is 12.3. The van der Waals surface area contributed by atoms with E-state index in [4.69, 9.17) is 10.5 Å². The van der Waals surface area contributed by atoms with E-state index in [-0.39, 0.29) is 5.41 Å². The van der Waals surface area contributed by atoms with Crippen molar-refractivity contribution in [3.63, 3.8) is 0 Å². The lowest BCUT2D eigenvalue weighted by atomic mass is 9.78. The van der Waals surface area contributed by atoms with Gasteiger partial charge in [0.25, 0.3) is 0 Å². The monoisotopic (exact) mass is 283 g/mol. The summed E-state index contributed by atoms with van der Waals surface area (Å²) in [6.45, 7) is 0.524. The molecule has 0 aliphatic heterocycles. The number of methoxy groups -OCH3 is 1. The number of ether oxygens (including phenoxy) is 1. The zero-order chi connectivity index (χ0) is 14.1. The van der Waals surface area contributed by atoms with E-state index < -0.39 is 9.84 Å². The smallest absolute Gasteiger partial charge is 0.175 e. The predicted octanol–water partition coefficient (Wildman–Crippen LogP) is 1.87. The van der Waals surface area contributed by atoms with Crippen LogP contribution in [0.4, 0.5) is 0 Å². The third-order valence-corrected chi connectivity index (χ3v) is 5.23. The molecule has 0 atom stereocenters. The maximum Gasteiger partial charge on any atom is 0.175 e. The molecule has 5 heteroatoms. The minimum absolute atomic E-state index is 0.133. The normalized spacial score (nSPS) is 18.5. The highest BCUT2D eigenvalue weighted by Gasteiger charge is 2.37. The van der Waals surface area contributed by atoms with Crippen LogP contribution in [0.2, 0.25) is 0 Å². The minimum Gasteiger partial charge on any atom is -0.496 e. The van der Waals surface area contributed by atoms with Gasteiger partial charge in [-0.25, -0.2) is 8.42 Å². The summed E-state index contributed by atoms with van der Waals surface area (Å²) in [4.78, 5) is 0.336. The van der Waals surface area contributed by atoms with Crippen molar-refractivity contribution in [2.75, 3.05) is 19.9 Å². The first-order valence-electron chi connectivity index (χ1n) is 6.52. The fraction of sp³-hybridized carbons (Fsp3) is 0.571. The van der Waals surface area contributed by atoms with Crippen LogP contribution in [0.3, 0.4) is 0 Å². The van der Waals surface area contributed by atoms with Crippen LogP contribution < -0.4 is 10.5 Å². The molecule has 0 heterocycles. The van der Waals surface area contributed by atoms with E-state index in [2.05, 4.69) is 0 Å². The molecule has 1 saturated carbocycles. The molecule has 1 aliphatic rings. The number of hydrogen-bond donors (Lipinski definition) is 1. The van der Waals surface area contributed by atoms with E-state index in [9.17, 15) is 8.42 Å². The van der Waals surface area contributed by atoms with E-state index in [1.54, 1.807) is 25.3 Å². The molecule has 0 unspecified atom stereocenters. The molecule has 1 aromatic carbocycles. The first-order valence-corrected chi connectivity index (χ1v) is 8.41.